The van der Waals surface area contributed by atoms with Crippen LogP contribution in [-0.4, -0.2) is 42.3 Å². The molecule has 1 fully saturated rings. The van der Waals surface area contributed by atoms with Crippen LogP contribution >= 0.6 is 11.6 Å². The van der Waals surface area contributed by atoms with Gasteiger partial charge in [0.05, 0.1) is 19.4 Å². The number of carbonyl (C=O) groups is 3. The number of rotatable bonds is 6. The van der Waals surface area contributed by atoms with E-state index in [1.165, 1.54) is 6.26 Å². The quantitative estimate of drug-likeness (QED) is 0.773. The number of hydrogen-bond acceptors (Lipinski definition) is 4. The summed E-state index contributed by atoms with van der Waals surface area (Å²) >= 11 is 5.85. The maximum Gasteiger partial charge on any atom is 0.253 e. The summed E-state index contributed by atoms with van der Waals surface area (Å²) in [6, 6.07) is 10.3. The topological polar surface area (TPSA) is 91.7 Å². The van der Waals surface area contributed by atoms with Gasteiger partial charge in [-0.1, -0.05) is 11.6 Å². The Morgan fingerprint density at radius 1 is 1.07 bits per heavy atom. The number of likely N-dealkylation sites (tertiary alicyclic amines) is 1. The Kier molecular flexibility index (Phi) is 6.71. The molecule has 0 aliphatic carbocycles. The normalized spacial score (nSPS) is 14.5. The Bertz CT molecular complexity index is 812. The maximum absolute atomic E-state index is 12.5. The molecule has 8 heteroatoms. The van der Waals surface area contributed by atoms with Crippen LogP contribution in [0.3, 0.4) is 0 Å². The number of amides is 3. The van der Waals surface area contributed by atoms with Crippen LogP contribution in [0.1, 0.15) is 29.0 Å². The van der Waals surface area contributed by atoms with Crippen molar-refractivity contribution in [2.45, 2.75) is 19.4 Å². The molecular formula is C20H22ClN3O4. The Balaban J connectivity index is 1.39. The van der Waals surface area contributed by atoms with E-state index in [2.05, 4.69) is 10.6 Å². The Labute approximate surface area is 168 Å². The highest BCUT2D eigenvalue weighted by Crippen LogP contribution is 2.20. The summed E-state index contributed by atoms with van der Waals surface area (Å²) in [5.74, 6) is -0.0517. The minimum atomic E-state index is -0.278. The van der Waals surface area contributed by atoms with Gasteiger partial charge in [-0.2, -0.15) is 0 Å². The molecule has 2 heterocycles. The minimum Gasteiger partial charge on any atom is -0.467 e. The van der Waals surface area contributed by atoms with Gasteiger partial charge in [-0.15, -0.1) is 0 Å². The molecule has 0 radical (unpaired) electrons. The fourth-order valence-electron chi connectivity index (χ4n) is 3.09. The summed E-state index contributed by atoms with van der Waals surface area (Å²) in [5.41, 5.74) is 0.584. The molecule has 148 valence electrons. The number of furan rings is 1. The van der Waals surface area contributed by atoms with Crippen molar-refractivity contribution in [1.29, 1.82) is 0 Å². The van der Waals surface area contributed by atoms with Crippen LogP contribution in [0, 0.1) is 5.92 Å². The highest BCUT2D eigenvalue weighted by atomic mass is 35.5. The molecule has 0 spiro atoms. The third-order valence-electron chi connectivity index (χ3n) is 4.71. The maximum atomic E-state index is 12.5. The first-order chi connectivity index (χ1) is 13.5. The fraction of sp³-hybridized carbons (Fsp3) is 0.350. The summed E-state index contributed by atoms with van der Waals surface area (Å²) < 4.78 is 5.13. The molecular weight excluding hydrogens is 382 g/mol. The van der Waals surface area contributed by atoms with Crippen molar-refractivity contribution < 1.29 is 18.8 Å². The molecule has 0 atom stereocenters. The lowest BCUT2D eigenvalue weighted by Gasteiger charge is -2.31. The molecule has 3 amide bonds. The summed E-state index contributed by atoms with van der Waals surface area (Å²) in [5, 5.41) is 5.93. The monoisotopic (exact) mass is 403 g/mol. The summed E-state index contributed by atoms with van der Waals surface area (Å²) in [4.78, 5) is 38.3. The first kappa shape index (κ1) is 19.9. The van der Waals surface area contributed by atoms with Gasteiger partial charge >= 0.3 is 0 Å². The second-order valence-electron chi connectivity index (χ2n) is 6.65. The van der Waals surface area contributed by atoms with E-state index < -0.39 is 0 Å². The summed E-state index contributed by atoms with van der Waals surface area (Å²) in [7, 11) is 0. The zero-order valence-corrected chi connectivity index (χ0v) is 16.1. The molecule has 1 aromatic carbocycles. The van der Waals surface area contributed by atoms with Crippen molar-refractivity contribution in [2.24, 2.45) is 5.92 Å². The molecule has 2 aromatic rings. The number of halogens is 1. The molecule has 3 rings (SSSR count). The lowest BCUT2D eigenvalue weighted by atomic mass is 9.95. The van der Waals surface area contributed by atoms with Crippen LogP contribution in [0.2, 0.25) is 5.02 Å². The van der Waals surface area contributed by atoms with Gasteiger partial charge in [0.1, 0.15) is 5.76 Å². The molecule has 28 heavy (non-hydrogen) atoms. The van der Waals surface area contributed by atoms with Gasteiger partial charge in [-0.25, -0.2) is 0 Å². The fourth-order valence-corrected chi connectivity index (χ4v) is 3.22. The Hall–Kier alpha value is -2.80. The average Bonchev–Trinajstić information content (AvgIpc) is 3.24. The van der Waals surface area contributed by atoms with Gasteiger partial charge < -0.3 is 20.0 Å². The lowest BCUT2D eigenvalue weighted by molar-refractivity contribution is -0.129. The van der Waals surface area contributed by atoms with Crippen molar-refractivity contribution >= 4 is 29.3 Å². The number of nitrogens with zero attached hydrogens (tertiary/aromatic N) is 1. The standard InChI is InChI=1S/C20H22ClN3O4/c21-16-5-3-15(4-6-16)20(27)24-9-7-14(8-10-24)19(26)23-13-18(25)22-12-17-2-1-11-28-17/h1-6,11,14H,7-10,12-13H2,(H,22,25)(H,23,26). The number of nitrogens with one attached hydrogen (secondary N) is 2. The SMILES string of the molecule is O=C(CNC(=O)C1CCN(C(=O)c2ccc(Cl)cc2)CC1)NCc1ccco1. The van der Waals surface area contributed by atoms with Crippen LogP contribution in [0.4, 0.5) is 0 Å². The van der Waals surface area contributed by atoms with Gasteiger partial charge in [0.15, 0.2) is 0 Å². The largest absolute Gasteiger partial charge is 0.467 e. The molecule has 2 N–H and O–H groups in total. The van der Waals surface area contributed by atoms with Crippen molar-refractivity contribution in [1.82, 2.24) is 15.5 Å². The van der Waals surface area contributed by atoms with E-state index in [4.69, 9.17) is 16.0 Å². The summed E-state index contributed by atoms with van der Waals surface area (Å²) in [6.07, 6.45) is 2.67. The Morgan fingerprint density at radius 3 is 2.43 bits per heavy atom. The number of hydrogen-bond donors (Lipinski definition) is 2. The van der Waals surface area contributed by atoms with Crippen LogP contribution in [0.5, 0.6) is 0 Å². The first-order valence-electron chi connectivity index (χ1n) is 9.14. The zero-order chi connectivity index (χ0) is 19.9. The molecule has 0 bridgehead atoms. The predicted molar refractivity (Wildman–Crippen MR) is 104 cm³/mol. The van der Waals surface area contributed by atoms with E-state index in [1.54, 1.807) is 41.3 Å². The second kappa shape index (κ2) is 9.41. The van der Waals surface area contributed by atoms with E-state index in [-0.39, 0.29) is 36.7 Å². The first-order valence-corrected chi connectivity index (χ1v) is 9.52. The third-order valence-corrected chi connectivity index (χ3v) is 4.96. The van der Waals surface area contributed by atoms with Crippen molar-refractivity contribution in [3.8, 4) is 0 Å². The van der Waals surface area contributed by atoms with E-state index in [0.29, 0.717) is 42.3 Å². The van der Waals surface area contributed by atoms with Crippen molar-refractivity contribution in [3.05, 3.63) is 59.0 Å². The Morgan fingerprint density at radius 2 is 1.79 bits per heavy atom. The van der Waals surface area contributed by atoms with Crippen LogP contribution in [0.15, 0.2) is 47.1 Å². The third kappa shape index (κ3) is 5.36. The van der Waals surface area contributed by atoms with Gasteiger partial charge in [-0.05, 0) is 49.2 Å². The van der Waals surface area contributed by atoms with Crippen LogP contribution in [-0.2, 0) is 16.1 Å². The molecule has 1 aliphatic heterocycles. The summed E-state index contributed by atoms with van der Waals surface area (Å²) in [6.45, 7) is 1.21. The highest BCUT2D eigenvalue weighted by molar-refractivity contribution is 6.30. The van der Waals surface area contributed by atoms with Crippen LogP contribution < -0.4 is 10.6 Å². The molecule has 1 aromatic heterocycles. The molecule has 1 aliphatic rings. The predicted octanol–water partition coefficient (Wildman–Crippen LogP) is 2.22. The second-order valence-corrected chi connectivity index (χ2v) is 7.08. The molecule has 7 nitrogen and oxygen atoms in total. The smallest absolute Gasteiger partial charge is 0.253 e. The molecule has 1 saturated heterocycles. The van der Waals surface area contributed by atoms with Crippen LogP contribution in [0.25, 0.3) is 0 Å². The zero-order valence-electron chi connectivity index (χ0n) is 15.3. The van der Waals surface area contributed by atoms with Gasteiger partial charge in [-0.3, -0.25) is 14.4 Å². The van der Waals surface area contributed by atoms with Gasteiger partial charge in [0.2, 0.25) is 11.8 Å². The van der Waals surface area contributed by atoms with E-state index >= 15 is 0 Å². The van der Waals surface area contributed by atoms with Gasteiger partial charge in [0, 0.05) is 29.6 Å². The number of piperidine rings is 1. The molecule has 0 unspecified atom stereocenters. The van der Waals surface area contributed by atoms with Crippen molar-refractivity contribution in [3.63, 3.8) is 0 Å². The van der Waals surface area contributed by atoms with E-state index in [9.17, 15) is 14.4 Å². The number of carbonyl (C=O) groups excluding carboxylic acids is 3. The van der Waals surface area contributed by atoms with E-state index in [0.717, 1.165) is 0 Å². The highest BCUT2D eigenvalue weighted by Gasteiger charge is 2.27. The lowest BCUT2D eigenvalue weighted by Crippen LogP contribution is -2.45. The number of benzene rings is 1. The van der Waals surface area contributed by atoms with E-state index in [1.807, 2.05) is 0 Å². The van der Waals surface area contributed by atoms with Gasteiger partial charge in [0.25, 0.3) is 5.91 Å². The molecule has 0 saturated carbocycles. The average molecular weight is 404 g/mol. The minimum absolute atomic E-state index is 0.0622. The van der Waals surface area contributed by atoms with Crippen molar-refractivity contribution in [2.75, 3.05) is 19.6 Å².